The van der Waals surface area contributed by atoms with Crippen LogP contribution in [0.1, 0.15) is 36.2 Å². The van der Waals surface area contributed by atoms with Crippen molar-refractivity contribution in [1.82, 2.24) is 4.90 Å². The lowest BCUT2D eigenvalue weighted by atomic mass is 10.1. The first kappa shape index (κ1) is 15.9. The molecule has 2 rings (SSSR count). The smallest absolute Gasteiger partial charge is 0.255 e. The largest absolute Gasteiger partial charge is 0.338 e. The van der Waals surface area contributed by atoms with Gasteiger partial charge in [0.2, 0.25) is 0 Å². The van der Waals surface area contributed by atoms with E-state index in [0.717, 1.165) is 30.8 Å². The van der Waals surface area contributed by atoms with Gasteiger partial charge in [0.1, 0.15) is 0 Å². The van der Waals surface area contributed by atoms with E-state index in [-0.39, 0.29) is 10.7 Å². The summed E-state index contributed by atoms with van der Waals surface area (Å²) in [7, 11) is 0. The van der Waals surface area contributed by atoms with Gasteiger partial charge < -0.3 is 10.6 Å². The zero-order valence-electron chi connectivity index (χ0n) is 12.7. The average molecular weight is 302 g/mol. The number of hydrogen-bond acceptors (Lipinski definition) is 3. The number of benzene rings is 1. The van der Waals surface area contributed by atoms with Gasteiger partial charge in [0, 0.05) is 29.2 Å². The Hall–Kier alpha value is -1.44. The van der Waals surface area contributed by atoms with Crippen LogP contribution in [-0.2, 0) is 0 Å². The first-order chi connectivity index (χ1) is 10.0. The minimum absolute atomic E-state index is 0.0789. The molecule has 1 saturated heterocycles. The van der Waals surface area contributed by atoms with Gasteiger partial charge in [-0.3, -0.25) is 4.79 Å². The number of carbonyl (C=O) groups is 1. The third-order valence-corrected chi connectivity index (χ3v) is 4.98. The van der Waals surface area contributed by atoms with Crippen LogP contribution in [0.3, 0.4) is 0 Å². The molecule has 0 saturated carbocycles. The van der Waals surface area contributed by atoms with E-state index < -0.39 is 0 Å². The Morgan fingerprint density at radius 1 is 1.38 bits per heavy atom. The third kappa shape index (κ3) is 4.26. The fourth-order valence-corrected chi connectivity index (χ4v) is 3.42. The van der Waals surface area contributed by atoms with Gasteiger partial charge >= 0.3 is 0 Å². The second-order valence-corrected chi connectivity index (χ2v) is 7.50. The fraction of sp³-hybridized carbons (Fsp3) is 0.471. The molecular weight excluding hydrogens is 280 g/mol. The Bertz CT molecular complexity index is 572. The van der Waals surface area contributed by atoms with Crippen LogP contribution in [-0.4, -0.2) is 40.9 Å². The van der Waals surface area contributed by atoms with Gasteiger partial charge in [-0.1, -0.05) is 37.8 Å². The monoisotopic (exact) mass is 302 g/mol. The molecule has 1 heterocycles. The molecule has 0 atom stereocenters. The third-order valence-electron chi connectivity index (χ3n) is 3.61. The molecule has 0 bridgehead atoms. The van der Waals surface area contributed by atoms with Gasteiger partial charge in [-0.15, -0.1) is 0 Å². The Labute approximate surface area is 131 Å². The van der Waals surface area contributed by atoms with Crippen molar-refractivity contribution < 1.29 is 4.79 Å². The molecule has 0 radical (unpaired) electrons. The van der Waals surface area contributed by atoms with Crippen LogP contribution < -0.4 is 5.73 Å². The van der Waals surface area contributed by atoms with Crippen molar-refractivity contribution >= 4 is 17.7 Å². The predicted octanol–water partition coefficient (Wildman–Crippen LogP) is 2.35. The van der Waals surface area contributed by atoms with Crippen LogP contribution in [0, 0.1) is 11.8 Å². The molecule has 1 aliphatic rings. The van der Waals surface area contributed by atoms with E-state index in [9.17, 15) is 4.79 Å². The highest BCUT2D eigenvalue weighted by molar-refractivity contribution is 8.00. The Balaban J connectivity index is 2.20. The maximum absolute atomic E-state index is 12.8. The van der Waals surface area contributed by atoms with E-state index in [0.29, 0.717) is 12.1 Å². The molecule has 0 unspecified atom stereocenters. The SMILES string of the molecule is CC1(C)CCN(C(=O)c2ccccc2C#CCN)CCS1. The van der Waals surface area contributed by atoms with Gasteiger partial charge in [-0.05, 0) is 18.6 Å². The Morgan fingerprint density at radius 2 is 2.14 bits per heavy atom. The standard InChI is InChI=1S/C17H22N2OS/c1-17(2)9-11-19(12-13-21-17)16(20)15-8-4-3-6-14(15)7-5-10-18/h3-4,6,8H,9-13,18H2,1-2H3. The second-order valence-electron chi connectivity index (χ2n) is 5.70. The van der Waals surface area contributed by atoms with Crippen molar-refractivity contribution in [2.45, 2.75) is 25.0 Å². The van der Waals surface area contributed by atoms with Gasteiger partial charge in [-0.2, -0.15) is 11.8 Å². The number of nitrogens with two attached hydrogens (primary N) is 1. The van der Waals surface area contributed by atoms with E-state index in [1.807, 2.05) is 40.9 Å². The Morgan fingerprint density at radius 3 is 2.90 bits per heavy atom. The number of carbonyl (C=O) groups excluding carboxylic acids is 1. The predicted molar refractivity (Wildman–Crippen MR) is 89.4 cm³/mol. The molecule has 1 fully saturated rings. The summed E-state index contributed by atoms with van der Waals surface area (Å²) in [5.41, 5.74) is 6.88. The zero-order valence-corrected chi connectivity index (χ0v) is 13.5. The van der Waals surface area contributed by atoms with Crippen molar-refractivity contribution in [3.8, 4) is 11.8 Å². The first-order valence-corrected chi connectivity index (χ1v) is 8.23. The maximum atomic E-state index is 12.8. The summed E-state index contributed by atoms with van der Waals surface area (Å²) in [5.74, 6) is 6.89. The van der Waals surface area contributed by atoms with Crippen molar-refractivity contribution in [3.63, 3.8) is 0 Å². The van der Waals surface area contributed by atoms with Crippen LogP contribution in [0.2, 0.25) is 0 Å². The van der Waals surface area contributed by atoms with E-state index in [1.165, 1.54) is 0 Å². The summed E-state index contributed by atoms with van der Waals surface area (Å²) in [4.78, 5) is 14.7. The van der Waals surface area contributed by atoms with Crippen LogP contribution in [0.15, 0.2) is 24.3 Å². The minimum Gasteiger partial charge on any atom is -0.338 e. The lowest BCUT2D eigenvalue weighted by Gasteiger charge is -2.23. The zero-order chi connectivity index (χ0) is 15.3. The number of nitrogens with zero attached hydrogens (tertiary/aromatic N) is 1. The van der Waals surface area contributed by atoms with Crippen molar-refractivity contribution in [2.24, 2.45) is 5.73 Å². The lowest BCUT2D eigenvalue weighted by Crippen LogP contribution is -2.34. The highest BCUT2D eigenvalue weighted by Gasteiger charge is 2.27. The minimum atomic E-state index is 0.0789. The number of amides is 1. The lowest BCUT2D eigenvalue weighted by molar-refractivity contribution is 0.0764. The normalized spacial score (nSPS) is 17.6. The van der Waals surface area contributed by atoms with Gasteiger partial charge in [-0.25, -0.2) is 0 Å². The van der Waals surface area contributed by atoms with E-state index in [1.54, 1.807) is 0 Å². The van der Waals surface area contributed by atoms with Gasteiger partial charge in [0.15, 0.2) is 0 Å². The molecule has 1 aromatic carbocycles. The summed E-state index contributed by atoms with van der Waals surface area (Å²) in [5, 5.41) is 0. The van der Waals surface area contributed by atoms with Crippen molar-refractivity contribution in [1.29, 1.82) is 0 Å². The summed E-state index contributed by atoms with van der Waals surface area (Å²) in [6, 6.07) is 7.52. The van der Waals surface area contributed by atoms with Crippen LogP contribution in [0.4, 0.5) is 0 Å². The molecule has 1 amide bonds. The van der Waals surface area contributed by atoms with E-state index >= 15 is 0 Å². The summed E-state index contributed by atoms with van der Waals surface area (Å²) in [6.45, 7) is 6.39. The molecule has 0 aromatic heterocycles. The Kier molecular flexibility index (Phi) is 5.33. The molecule has 0 spiro atoms. The van der Waals surface area contributed by atoms with Crippen molar-refractivity contribution in [2.75, 3.05) is 25.4 Å². The quantitative estimate of drug-likeness (QED) is 0.810. The first-order valence-electron chi connectivity index (χ1n) is 7.25. The molecule has 1 aromatic rings. The molecule has 21 heavy (non-hydrogen) atoms. The van der Waals surface area contributed by atoms with Crippen LogP contribution in [0.5, 0.6) is 0 Å². The molecular formula is C17H22N2OS. The second kappa shape index (κ2) is 7.02. The molecule has 4 heteroatoms. The average Bonchev–Trinajstić information content (AvgIpc) is 2.65. The number of rotatable bonds is 1. The maximum Gasteiger partial charge on any atom is 0.255 e. The molecule has 0 aliphatic carbocycles. The van der Waals surface area contributed by atoms with Crippen molar-refractivity contribution in [3.05, 3.63) is 35.4 Å². The molecule has 1 aliphatic heterocycles. The number of thioether (sulfide) groups is 1. The summed E-state index contributed by atoms with van der Waals surface area (Å²) in [6.07, 6.45) is 1.01. The van der Waals surface area contributed by atoms with Gasteiger partial charge in [0.05, 0.1) is 12.1 Å². The van der Waals surface area contributed by atoms with E-state index in [2.05, 4.69) is 25.7 Å². The van der Waals surface area contributed by atoms with Gasteiger partial charge in [0.25, 0.3) is 5.91 Å². The van der Waals surface area contributed by atoms with E-state index in [4.69, 9.17) is 5.73 Å². The summed E-state index contributed by atoms with van der Waals surface area (Å²) >= 11 is 1.94. The highest BCUT2D eigenvalue weighted by atomic mass is 32.2. The highest BCUT2D eigenvalue weighted by Crippen LogP contribution is 2.31. The number of hydrogen-bond donors (Lipinski definition) is 1. The molecule has 3 nitrogen and oxygen atoms in total. The fourth-order valence-electron chi connectivity index (χ4n) is 2.32. The van der Waals surface area contributed by atoms with Crippen LogP contribution in [0.25, 0.3) is 0 Å². The molecule has 2 N–H and O–H groups in total. The molecule has 112 valence electrons. The topological polar surface area (TPSA) is 46.3 Å². The van der Waals surface area contributed by atoms with Crippen LogP contribution >= 0.6 is 11.8 Å². The summed E-state index contributed by atoms with van der Waals surface area (Å²) < 4.78 is 0.244.